The molecule has 0 bridgehead atoms. The number of hydrogen-bond acceptors (Lipinski definition) is 4. The molecule has 2 rings (SSSR count). The van der Waals surface area contributed by atoms with Crippen LogP contribution < -0.4 is 11.1 Å². The summed E-state index contributed by atoms with van der Waals surface area (Å²) in [6.07, 6.45) is 2.37. The third-order valence-electron chi connectivity index (χ3n) is 2.69. The molecule has 0 spiro atoms. The Morgan fingerprint density at radius 3 is 3.00 bits per heavy atom. The Morgan fingerprint density at radius 1 is 1.41 bits per heavy atom. The van der Waals surface area contributed by atoms with Gasteiger partial charge in [-0.25, -0.2) is 0 Å². The molecule has 4 heteroatoms. The highest BCUT2D eigenvalue weighted by atomic mass is 16.3. The molecule has 1 aromatic heterocycles. The number of nitrogens with zero attached hydrogens (tertiary/aromatic N) is 1. The van der Waals surface area contributed by atoms with Crippen LogP contribution in [0.4, 0.5) is 11.4 Å². The smallest absolute Gasteiger partial charge is 0.0743 e. The number of nitrogens with one attached hydrogen (secondary N) is 1. The first-order valence-corrected chi connectivity index (χ1v) is 5.72. The van der Waals surface area contributed by atoms with E-state index in [2.05, 4.69) is 16.4 Å². The zero-order chi connectivity index (χ0) is 12.3. The van der Waals surface area contributed by atoms with Gasteiger partial charge in [0, 0.05) is 18.5 Å². The van der Waals surface area contributed by atoms with Gasteiger partial charge in [0.15, 0.2) is 0 Å². The minimum atomic E-state index is 0.176. The number of aliphatic hydroxyl groups excluding tert-OH is 1. The minimum Gasteiger partial charge on any atom is -0.396 e. The van der Waals surface area contributed by atoms with Gasteiger partial charge in [0.25, 0.3) is 0 Å². The van der Waals surface area contributed by atoms with Crippen molar-refractivity contribution in [2.24, 2.45) is 0 Å². The Morgan fingerprint density at radius 2 is 2.24 bits per heavy atom. The number of anilines is 2. The monoisotopic (exact) mass is 231 g/mol. The molecule has 0 unspecified atom stereocenters. The lowest BCUT2D eigenvalue weighted by molar-refractivity contribution is 0.292. The van der Waals surface area contributed by atoms with Crippen molar-refractivity contribution >= 4 is 22.3 Å². The Kier molecular flexibility index (Phi) is 3.44. The average Bonchev–Trinajstić information content (AvgIpc) is 2.32. The normalized spacial score (nSPS) is 10.7. The topological polar surface area (TPSA) is 71.2 Å². The van der Waals surface area contributed by atoms with Crippen molar-refractivity contribution in [1.82, 2.24) is 4.98 Å². The Balaban J connectivity index is 2.43. The van der Waals surface area contributed by atoms with Gasteiger partial charge in [-0.3, -0.25) is 4.98 Å². The van der Waals surface area contributed by atoms with Crippen molar-refractivity contribution in [2.45, 2.75) is 13.3 Å². The first-order chi connectivity index (χ1) is 8.22. The van der Waals surface area contributed by atoms with E-state index >= 15 is 0 Å². The summed E-state index contributed by atoms with van der Waals surface area (Å²) < 4.78 is 0. The molecule has 0 atom stereocenters. The molecule has 0 radical (unpaired) electrons. The van der Waals surface area contributed by atoms with Gasteiger partial charge in [0.2, 0.25) is 0 Å². The zero-order valence-electron chi connectivity index (χ0n) is 9.90. The number of aryl methyl sites for hydroxylation is 1. The fraction of sp³-hybridized carbons (Fsp3) is 0.308. The van der Waals surface area contributed by atoms with Gasteiger partial charge < -0.3 is 16.2 Å². The summed E-state index contributed by atoms with van der Waals surface area (Å²) in [6.45, 7) is 2.92. The highest BCUT2D eigenvalue weighted by Crippen LogP contribution is 2.28. The third kappa shape index (κ3) is 2.47. The van der Waals surface area contributed by atoms with Crippen LogP contribution in [0.1, 0.15) is 12.0 Å². The molecule has 4 N–H and O–H groups in total. The maximum atomic E-state index is 8.79. The molecule has 0 amide bonds. The van der Waals surface area contributed by atoms with Crippen molar-refractivity contribution in [3.63, 3.8) is 0 Å². The van der Waals surface area contributed by atoms with Crippen LogP contribution in [0, 0.1) is 6.92 Å². The van der Waals surface area contributed by atoms with Gasteiger partial charge in [0.05, 0.1) is 23.1 Å². The van der Waals surface area contributed by atoms with Crippen LogP contribution in [-0.2, 0) is 0 Å². The summed E-state index contributed by atoms with van der Waals surface area (Å²) in [5.74, 6) is 0. The lowest BCUT2D eigenvalue weighted by Gasteiger charge is -2.12. The lowest BCUT2D eigenvalue weighted by atomic mass is 10.1. The summed E-state index contributed by atoms with van der Waals surface area (Å²) in [5, 5.41) is 13.1. The van der Waals surface area contributed by atoms with Crippen molar-refractivity contribution in [1.29, 1.82) is 0 Å². The Labute approximate surface area is 100 Å². The predicted octanol–water partition coefficient (Wildman–Crippen LogP) is 1.92. The first kappa shape index (κ1) is 11.7. The molecule has 4 nitrogen and oxygen atoms in total. The second-order valence-electron chi connectivity index (χ2n) is 4.11. The SMILES string of the molecule is Cc1ccc2ncc(N)c(NCCCO)c2c1. The molecule has 0 fully saturated rings. The summed E-state index contributed by atoms with van der Waals surface area (Å²) in [6, 6.07) is 6.09. The van der Waals surface area contributed by atoms with Crippen LogP contribution >= 0.6 is 0 Å². The second kappa shape index (κ2) is 5.01. The highest BCUT2D eigenvalue weighted by molar-refractivity contribution is 5.97. The van der Waals surface area contributed by atoms with E-state index in [-0.39, 0.29) is 6.61 Å². The van der Waals surface area contributed by atoms with Crippen LogP contribution in [-0.4, -0.2) is 23.2 Å². The van der Waals surface area contributed by atoms with E-state index in [4.69, 9.17) is 10.8 Å². The van der Waals surface area contributed by atoms with E-state index in [1.807, 2.05) is 19.1 Å². The van der Waals surface area contributed by atoms with Crippen molar-refractivity contribution < 1.29 is 5.11 Å². The number of hydrogen-bond donors (Lipinski definition) is 3. The molecule has 0 saturated heterocycles. The van der Waals surface area contributed by atoms with Crippen molar-refractivity contribution in [3.05, 3.63) is 30.0 Å². The fourth-order valence-corrected chi connectivity index (χ4v) is 1.81. The number of nitrogen functional groups attached to an aromatic ring is 1. The molecule has 0 aliphatic heterocycles. The minimum absolute atomic E-state index is 0.176. The summed E-state index contributed by atoms with van der Waals surface area (Å²) in [4.78, 5) is 4.30. The molecular weight excluding hydrogens is 214 g/mol. The van der Waals surface area contributed by atoms with Crippen LogP contribution in [0.15, 0.2) is 24.4 Å². The van der Waals surface area contributed by atoms with Crippen LogP contribution in [0.25, 0.3) is 10.9 Å². The number of benzene rings is 1. The summed E-state index contributed by atoms with van der Waals surface area (Å²) in [7, 11) is 0. The quantitative estimate of drug-likeness (QED) is 0.703. The molecule has 2 aromatic rings. The van der Waals surface area contributed by atoms with Gasteiger partial charge in [-0.15, -0.1) is 0 Å². The lowest BCUT2D eigenvalue weighted by Crippen LogP contribution is -2.06. The average molecular weight is 231 g/mol. The number of aliphatic hydroxyl groups is 1. The van der Waals surface area contributed by atoms with Crippen LogP contribution in [0.5, 0.6) is 0 Å². The molecular formula is C13H17N3O. The van der Waals surface area contributed by atoms with Crippen molar-refractivity contribution in [3.8, 4) is 0 Å². The van der Waals surface area contributed by atoms with E-state index in [9.17, 15) is 0 Å². The second-order valence-corrected chi connectivity index (χ2v) is 4.11. The van der Waals surface area contributed by atoms with E-state index < -0.39 is 0 Å². The van der Waals surface area contributed by atoms with Gasteiger partial charge in [-0.1, -0.05) is 11.6 Å². The van der Waals surface area contributed by atoms with E-state index in [1.165, 1.54) is 5.56 Å². The van der Waals surface area contributed by atoms with E-state index in [0.717, 1.165) is 16.6 Å². The number of rotatable bonds is 4. The Hall–Kier alpha value is -1.81. The molecule has 1 aromatic carbocycles. The number of fused-ring (bicyclic) bond motifs is 1. The molecule has 0 aliphatic carbocycles. The van der Waals surface area contributed by atoms with Crippen molar-refractivity contribution in [2.75, 3.05) is 24.2 Å². The third-order valence-corrected chi connectivity index (χ3v) is 2.69. The standard InChI is InChI=1S/C13H17N3O/c1-9-3-4-12-10(7-9)13(11(14)8-16-12)15-5-2-6-17/h3-4,7-8,17H,2,5-6,14H2,1H3,(H,15,16). The zero-order valence-corrected chi connectivity index (χ0v) is 9.90. The highest BCUT2D eigenvalue weighted by Gasteiger charge is 2.06. The molecule has 90 valence electrons. The largest absolute Gasteiger partial charge is 0.396 e. The first-order valence-electron chi connectivity index (χ1n) is 5.72. The fourth-order valence-electron chi connectivity index (χ4n) is 1.81. The number of nitrogens with two attached hydrogens (primary N) is 1. The van der Waals surface area contributed by atoms with Gasteiger partial charge in [-0.05, 0) is 25.5 Å². The predicted molar refractivity (Wildman–Crippen MR) is 71.1 cm³/mol. The Bertz CT molecular complexity index is 520. The summed E-state index contributed by atoms with van der Waals surface area (Å²) in [5.41, 5.74) is 9.58. The van der Waals surface area contributed by atoms with Gasteiger partial charge in [-0.2, -0.15) is 0 Å². The summed E-state index contributed by atoms with van der Waals surface area (Å²) >= 11 is 0. The van der Waals surface area contributed by atoms with Crippen LogP contribution in [0.3, 0.4) is 0 Å². The van der Waals surface area contributed by atoms with Gasteiger partial charge in [0.1, 0.15) is 0 Å². The molecule has 0 aliphatic rings. The maximum Gasteiger partial charge on any atom is 0.0743 e. The molecule has 0 saturated carbocycles. The number of pyridine rings is 1. The van der Waals surface area contributed by atoms with Gasteiger partial charge >= 0.3 is 0 Å². The van der Waals surface area contributed by atoms with Crippen LogP contribution in [0.2, 0.25) is 0 Å². The number of aromatic nitrogens is 1. The molecule has 1 heterocycles. The van der Waals surface area contributed by atoms with E-state index in [1.54, 1.807) is 6.20 Å². The maximum absolute atomic E-state index is 8.79. The molecule has 17 heavy (non-hydrogen) atoms. The van der Waals surface area contributed by atoms with E-state index in [0.29, 0.717) is 18.7 Å².